The van der Waals surface area contributed by atoms with Crippen LogP contribution in [0.5, 0.6) is 23.0 Å². The van der Waals surface area contributed by atoms with Gasteiger partial charge in [0.1, 0.15) is 0 Å². The minimum absolute atomic E-state index is 0.00495. The molecule has 1 unspecified atom stereocenters. The standard InChI is InChI=1S/C15H12O7/c1-5-7-6(3-20-5)10(16)8-9(11(7)17)13(19-2)15-14(12(8)18)21-4-22-15/h5,18H,3-4H2,1-2H3. The van der Waals surface area contributed by atoms with Gasteiger partial charge in [-0.05, 0) is 6.92 Å². The molecule has 0 fully saturated rings. The Balaban J connectivity index is 2.07. The number of phenols is 1. The van der Waals surface area contributed by atoms with Crippen LogP contribution in [0.1, 0.15) is 27.6 Å². The average molecular weight is 304 g/mol. The van der Waals surface area contributed by atoms with E-state index in [1.165, 1.54) is 7.11 Å². The van der Waals surface area contributed by atoms with Crippen molar-refractivity contribution in [2.24, 2.45) is 0 Å². The molecular weight excluding hydrogens is 292 g/mol. The van der Waals surface area contributed by atoms with Crippen LogP contribution < -0.4 is 14.2 Å². The first-order valence-electron chi connectivity index (χ1n) is 6.72. The Kier molecular flexibility index (Phi) is 2.53. The lowest BCUT2D eigenvalue weighted by Crippen LogP contribution is -2.24. The molecule has 7 nitrogen and oxygen atoms in total. The van der Waals surface area contributed by atoms with Gasteiger partial charge >= 0.3 is 0 Å². The van der Waals surface area contributed by atoms with Gasteiger partial charge in [0.05, 0.1) is 30.9 Å². The number of fused-ring (bicyclic) bond motifs is 2. The summed E-state index contributed by atoms with van der Waals surface area (Å²) in [4.78, 5) is 25.5. The van der Waals surface area contributed by atoms with Crippen molar-refractivity contribution < 1.29 is 33.6 Å². The van der Waals surface area contributed by atoms with Crippen LogP contribution in [0.3, 0.4) is 0 Å². The van der Waals surface area contributed by atoms with Crippen LogP contribution >= 0.6 is 0 Å². The number of benzene rings is 1. The van der Waals surface area contributed by atoms with Crippen molar-refractivity contribution in [2.75, 3.05) is 20.5 Å². The highest BCUT2D eigenvalue weighted by Crippen LogP contribution is 2.54. The molecule has 1 atom stereocenters. The molecule has 2 heterocycles. The van der Waals surface area contributed by atoms with Crippen LogP contribution in [-0.4, -0.2) is 43.3 Å². The van der Waals surface area contributed by atoms with Crippen molar-refractivity contribution in [1.29, 1.82) is 0 Å². The van der Waals surface area contributed by atoms with Crippen LogP contribution in [0.25, 0.3) is 0 Å². The maximum absolute atomic E-state index is 12.8. The Morgan fingerprint density at radius 2 is 1.86 bits per heavy atom. The number of methoxy groups -OCH3 is 1. The second kappa shape index (κ2) is 4.23. The summed E-state index contributed by atoms with van der Waals surface area (Å²) in [5.41, 5.74) is 0.489. The van der Waals surface area contributed by atoms with Crippen molar-refractivity contribution in [1.82, 2.24) is 0 Å². The van der Waals surface area contributed by atoms with Gasteiger partial charge in [-0.15, -0.1) is 0 Å². The second-order valence-corrected chi connectivity index (χ2v) is 5.20. The zero-order valence-corrected chi connectivity index (χ0v) is 11.9. The van der Waals surface area contributed by atoms with Crippen molar-refractivity contribution >= 4 is 11.6 Å². The van der Waals surface area contributed by atoms with Crippen LogP contribution in [0, 0.1) is 0 Å². The van der Waals surface area contributed by atoms with Crippen molar-refractivity contribution in [3.8, 4) is 23.0 Å². The number of carbonyl (C=O) groups is 2. The van der Waals surface area contributed by atoms with Gasteiger partial charge in [0.15, 0.2) is 23.1 Å². The van der Waals surface area contributed by atoms with Gasteiger partial charge in [-0.25, -0.2) is 0 Å². The third-order valence-electron chi connectivity index (χ3n) is 4.13. The van der Waals surface area contributed by atoms with E-state index in [9.17, 15) is 14.7 Å². The highest BCUT2D eigenvalue weighted by Gasteiger charge is 2.45. The first-order valence-corrected chi connectivity index (χ1v) is 6.72. The molecule has 114 valence electrons. The number of rotatable bonds is 1. The zero-order chi connectivity index (χ0) is 15.6. The SMILES string of the molecule is COc1c2c(c(O)c3c1C(=O)C1=C(COC1C)C3=O)OCO2. The molecule has 0 radical (unpaired) electrons. The minimum Gasteiger partial charge on any atom is -0.504 e. The minimum atomic E-state index is -0.475. The topological polar surface area (TPSA) is 91.3 Å². The van der Waals surface area contributed by atoms with Gasteiger partial charge in [-0.3, -0.25) is 9.59 Å². The average Bonchev–Trinajstić information content (AvgIpc) is 3.12. The molecule has 0 saturated heterocycles. The molecule has 3 aliphatic rings. The van der Waals surface area contributed by atoms with E-state index in [0.717, 1.165) is 0 Å². The first kappa shape index (κ1) is 13.1. The summed E-state index contributed by atoms with van der Waals surface area (Å²) in [6, 6.07) is 0. The highest BCUT2D eigenvalue weighted by molar-refractivity contribution is 6.30. The molecule has 0 amide bonds. The summed E-state index contributed by atoms with van der Waals surface area (Å²) in [6.45, 7) is 1.64. The quantitative estimate of drug-likeness (QED) is 0.834. The van der Waals surface area contributed by atoms with E-state index in [2.05, 4.69) is 0 Å². The molecular formula is C15H12O7. The Labute approximate surface area is 125 Å². The van der Waals surface area contributed by atoms with Crippen molar-refractivity contribution in [2.45, 2.75) is 13.0 Å². The Morgan fingerprint density at radius 3 is 2.59 bits per heavy atom. The molecule has 2 aliphatic heterocycles. The third-order valence-corrected chi connectivity index (χ3v) is 4.13. The van der Waals surface area contributed by atoms with Gasteiger partial charge in [-0.1, -0.05) is 0 Å². The predicted octanol–water partition coefficient (Wildman–Crippen LogP) is 1.22. The van der Waals surface area contributed by atoms with Gasteiger partial charge < -0.3 is 24.1 Å². The smallest absolute Gasteiger partial charge is 0.231 e. The number of ether oxygens (including phenoxy) is 4. The fourth-order valence-electron chi connectivity index (χ4n) is 3.12. The van der Waals surface area contributed by atoms with E-state index in [4.69, 9.17) is 18.9 Å². The Morgan fingerprint density at radius 1 is 1.14 bits per heavy atom. The Bertz CT molecular complexity index is 775. The van der Waals surface area contributed by atoms with Gasteiger partial charge in [-0.2, -0.15) is 0 Å². The van der Waals surface area contributed by atoms with Crippen molar-refractivity contribution in [3.05, 3.63) is 22.3 Å². The molecule has 0 saturated carbocycles. The monoisotopic (exact) mass is 304 g/mol. The predicted molar refractivity (Wildman–Crippen MR) is 71.9 cm³/mol. The van der Waals surface area contributed by atoms with E-state index in [0.29, 0.717) is 5.57 Å². The van der Waals surface area contributed by atoms with Crippen LogP contribution in [0.15, 0.2) is 11.1 Å². The summed E-state index contributed by atoms with van der Waals surface area (Å²) < 4.78 is 21.1. The molecule has 22 heavy (non-hydrogen) atoms. The van der Waals surface area contributed by atoms with Crippen LogP contribution in [-0.2, 0) is 4.74 Å². The highest BCUT2D eigenvalue weighted by atomic mass is 16.7. The molecule has 7 heteroatoms. The summed E-state index contributed by atoms with van der Waals surface area (Å²) in [6.07, 6.45) is -0.475. The van der Waals surface area contributed by atoms with E-state index in [1.54, 1.807) is 6.92 Å². The normalized spacial score (nSPS) is 22.0. The summed E-state index contributed by atoms with van der Waals surface area (Å²) >= 11 is 0. The molecule has 1 N–H and O–H groups in total. The fourth-order valence-corrected chi connectivity index (χ4v) is 3.12. The lowest BCUT2D eigenvalue weighted by molar-refractivity contribution is 0.0956. The largest absolute Gasteiger partial charge is 0.504 e. The second-order valence-electron chi connectivity index (χ2n) is 5.20. The summed E-state index contributed by atoms with van der Waals surface area (Å²) in [5.74, 6) is -0.969. The van der Waals surface area contributed by atoms with E-state index >= 15 is 0 Å². The van der Waals surface area contributed by atoms with Crippen molar-refractivity contribution in [3.63, 3.8) is 0 Å². The van der Waals surface area contributed by atoms with Gasteiger partial charge in [0, 0.05) is 11.1 Å². The molecule has 0 bridgehead atoms. The number of hydrogen-bond donors (Lipinski definition) is 1. The number of Topliss-reactive ketones (excluding diaryl/α,β-unsaturated/α-hetero) is 2. The number of ketones is 2. The fraction of sp³-hybridized carbons (Fsp3) is 0.333. The zero-order valence-electron chi connectivity index (χ0n) is 11.9. The molecule has 0 aromatic heterocycles. The van der Waals surface area contributed by atoms with E-state index in [1.807, 2.05) is 0 Å². The van der Waals surface area contributed by atoms with E-state index < -0.39 is 17.6 Å². The van der Waals surface area contributed by atoms with Gasteiger partial charge in [0.25, 0.3) is 0 Å². The maximum Gasteiger partial charge on any atom is 0.231 e. The van der Waals surface area contributed by atoms with Crippen LogP contribution in [0.2, 0.25) is 0 Å². The number of carbonyl (C=O) groups excluding carboxylic acids is 2. The molecule has 4 rings (SSSR count). The van der Waals surface area contributed by atoms with E-state index in [-0.39, 0.29) is 53.1 Å². The summed E-state index contributed by atoms with van der Waals surface area (Å²) in [5, 5.41) is 10.4. The van der Waals surface area contributed by atoms with Crippen LogP contribution in [0.4, 0.5) is 0 Å². The number of hydrogen-bond acceptors (Lipinski definition) is 7. The number of phenolic OH excluding ortho intramolecular Hbond substituents is 1. The number of aromatic hydroxyl groups is 1. The summed E-state index contributed by atoms with van der Waals surface area (Å²) in [7, 11) is 1.37. The molecule has 0 spiro atoms. The Hall–Kier alpha value is -2.54. The molecule has 1 aliphatic carbocycles. The molecule has 1 aromatic carbocycles. The third kappa shape index (κ3) is 1.38. The lowest BCUT2D eigenvalue weighted by Gasteiger charge is -2.21. The lowest BCUT2D eigenvalue weighted by atomic mass is 9.82. The maximum atomic E-state index is 12.8. The molecule has 1 aromatic rings. The first-order chi connectivity index (χ1) is 10.6. The van der Waals surface area contributed by atoms with Gasteiger partial charge in [0.2, 0.25) is 18.3 Å².